The summed E-state index contributed by atoms with van der Waals surface area (Å²) in [4.78, 5) is 2.41. The molecule has 0 aliphatic heterocycles. The third-order valence-corrected chi connectivity index (χ3v) is 2.74. The Kier molecular flexibility index (Phi) is 7.93. The van der Waals surface area contributed by atoms with Gasteiger partial charge in [0, 0.05) is 0 Å². The summed E-state index contributed by atoms with van der Waals surface area (Å²) in [6.07, 6.45) is 6.64. The predicted molar refractivity (Wildman–Crippen MR) is 64.2 cm³/mol. The molecule has 0 nitrogen and oxygen atoms in total. The van der Waals surface area contributed by atoms with E-state index in [1.165, 1.54) is 16.1 Å². The average Bonchev–Trinajstić information content (AvgIpc) is 2.04. The Balaban J connectivity index is 3.30. The number of thiocarbonyl (C=S) groups is 2. The second-order valence-electron chi connectivity index (χ2n) is 3.03. The van der Waals surface area contributed by atoms with Crippen LogP contribution in [0.15, 0.2) is 0 Å². The SMILES string of the molecule is CCCC(=S)CCCC(=S)CC. The topological polar surface area (TPSA) is 0 Å². The van der Waals surface area contributed by atoms with Crippen LogP contribution in [0.3, 0.4) is 0 Å². The first-order chi connectivity index (χ1) is 5.70. The van der Waals surface area contributed by atoms with E-state index in [-0.39, 0.29) is 0 Å². The number of rotatable bonds is 7. The first-order valence-corrected chi connectivity index (χ1v) is 5.55. The van der Waals surface area contributed by atoms with E-state index in [0.29, 0.717) is 0 Å². The molecule has 0 N–H and O–H groups in total. The molecule has 0 aliphatic rings. The zero-order valence-electron chi connectivity index (χ0n) is 8.06. The molecule has 0 spiro atoms. The minimum atomic E-state index is 1.04. The zero-order chi connectivity index (χ0) is 9.40. The van der Waals surface area contributed by atoms with E-state index in [2.05, 4.69) is 13.8 Å². The van der Waals surface area contributed by atoms with Gasteiger partial charge in [-0.25, -0.2) is 0 Å². The maximum absolute atomic E-state index is 5.20. The molecule has 0 rings (SSSR count). The lowest BCUT2D eigenvalue weighted by Crippen LogP contribution is -1.97. The van der Waals surface area contributed by atoms with Gasteiger partial charge in [0.25, 0.3) is 0 Å². The Morgan fingerprint density at radius 2 is 1.50 bits per heavy atom. The van der Waals surface area contributed by atoms with Crippen molar-refractivity contribution < 1.29 is 0 Å². The summed E-state index contributed by atoms with van der Waals surface area (Å²) in [5.41, 5.74) is 0. The van der Waals surface area contributed by atoms with Crippen molar-refractivity contribution in [3.8, 4) is 0 Å². The number of hydrogen-bond acceptors (Lipinski definition) is 2. The lowest BCUT2D eigenvalue weighted by molar-refractivity contribution is 0.890. The third kappa shape index (κ3) is 6.86. The highest BCUT2D eigenvalue weighted by atomic mass is 32.1. The smallest absolute Gasteiger partial charge is 0.00715 e. The largest absolute Gasteiger partial charge is 0.0897 e. The Hall–Kier alpha value is 0.180. The molecule has 0 atom stereocenters. The summed E-state index contributed by atoms with van der Waals surface area (Å²) in [5, 5.41) is 0. The predicted octanol–water partition coefficient (Wildman–Crippen LogP) is 4.11. The van der Waals surface area contributed by atoms with Gasteiger partial charge < -0.3 is 0 Å². The van der Waals surface area contributed by atoms with Gasteiger partial charge in [-0.05, 0) is 41.8 Å². The molecule has 0 fully saturated rings. The quantitative estimate of drug-likeness (QED) is 0.570. The molecule has 0 aromatic heterocycles. The van der Waals surface area contributed by atoms with Crippen LogP contribution in [0.2, 0.25) is 0 Å². The van der Waals surface area contributed by atoms with Crippen LogP contribution in [-0.2, 0) is 0 Å². The van der Waals surface area contributed by atoms with Crippen LogP contribution >= 0.6 is 24.4 Å². The molecule has 0 saturated carbocycles. The van der Waals surface area contributed by atoms with Crippen molar-refractivity contribution in [2.24, 2.45) is 0 Å². The van der Waals surface area contributed by atoms with E-state index in [1.54, 1.807) is 0 Å². The first kappa shape index (κ1) is 12.2. The summed E-state index contributed by atoms with van der Waals surface area (Å²) in [6.45, 7) is 4.29. The molecule has 12 heavy (non-hydrogen) atoms. The van der Waals surface area contributed by atoms with Crippen molar-refractivity contribution in [2.45, 2.75) is 52.4 Å². The molecule has 0 heterocycles. The molecule has 0 aliphatic carbocycles. The third-order valence-electron chi connectivity index (χ3n) is 1.83. The van der Waals surface area contributed by atoms with Crippen molar-refractivity contribution >= 4 is 34.2 Å². The van der Waals surface area contributed by atoms with Crippen LogP contribution < -0.4 is 0 Å². The Bertz CT molecular complexity index is 150. The minimum absolute atomic E-state index is 1.04. The van der Waals surface area contributed by atoms with Gasteiger partial charge in [0.1, 0.15) is 0 Å². The highest BCUT2D eigenvalue weighted by molar-refractivity contribution is 7.80. The van der Waals surface area contributed by atoms with Crippen LogP contribution in [0.25, 0.3) is 0 Å². The molecular weight excluding hydrogens is 184 g/mol. The molecule has 0 saturated heterocycles. The minimum Gasteiger partial charge on any atom is -0.0897 e. The zero-order valence-corrected chi connectivity index (χ0v) is 9.69. The van der Waals surface area contributed by atoms with Crippen molar-refractivity contribution in [3.05, 3.63) is 0 Å². The summed E-state index contributed by atoms with van der Waals surface area (Å²) in [5.74, 6) is 0. The van der Waals surface area contributed by atoms with Crippen molar-refractivity contribution in [1.29, 1.82) is 0 Å². The van der Waals surface area contributed by atoms with Gasteiger partial charge in [0.15, 0.2) is 0 Å². The van der Waals surface area contributed by atoms with Crippen LogP contribution in [0.4, 0.5) is 0 Å². The lowest BCUT2D eigenvalue weighted by Gasteiger charge is -2.01. The van der Waals surface area contributed by atoms with Crippen LogP contribution in [0, 0.1) is 0 Å². The van der Waals surface area contributed by atoms with E-state index < -0.39 is 0 Å². The molecule has 2 heteroatoms. The van der Waals surface area contributed by atoms with E-state index in [4.69, 9.17) is 24.4 Å². The molecule has 0 radical (unpaired) electrons. The van der Waals surface area contributed by atoms with Crippen LogP contribution in [0.5, 0.6) is 0 Å². The van der Waals surface area contributed by atoms with Crippen LogP contribution in [0.1, 0.15) is 52.4 Å². The van der Waals surface area contributed by atoms with Crippen molar-refractivity contribution in [3.63, 3.8) is 0 Å². The first-order valence-electron chi connectivity index (χ1n) is 4.74. The summed E-state index contributed by atoms with van der Waals surface area (Å²) in [6, 6.07) is 0. The highest BCUT2D eigenvalue weighted by Gasteiger charge is 1.97. The monoisotopic (exact) mass is 202 g/mol. The molecule has 0 aromatic carbocycles. The lowest BCUT2D eigenvalue weighted by atomic mass is 10.1. The Labute approximate surface area is 86.7 Å². The second kappa shape index (κ2) is 7.81. The fraction of sp³-hybridized carbons (Fsp3) is 0.800. The normalized spacial score (nSPS) is 9.83. The van der Waals surface area contributed by atoms with E-state index in [1.807, 2.05) is 0 Å². The van der Waals surface area contributed by atoms with Gasteiger partial charge in [-0.15, -0.1) is 0 Å². The van der Waals surface area contributed by atoms with Gasteiger partial charge in [0.05, 0.1) is 0 Å². The van der Waals surface area contributed by atoms with Gasteiger partial charge in [-0.2, -0.15) is 0 Å². The van der Waals surface area contributed by atoms with E-state index in [0.717, 1.165) is 32.1 Å². The second-order valence-corrected chi connectivity index (χ2v) is 4.19. The Morgan fingerprint density at radius 3 is 2.00 bits per heavy atom. The van der Waals surface area contributed by atoms with E-state index >= 15 is 0 Å². The van der Waals surface area contributed by atoms with Gasteiger partial charge in [-0.1, -0.05) is 44.7 Å². The maximum Gasteiger partial charge on any atom is -0.00715 e. The van der Waals surface area contributed by atoms with Gasteiger partial charge >= 0.3 is 0 Å². The number of hydrogen-bond donors (Lipinski definition) is 0. The average molecular weight is 202 g/mol. The van der Waals surface area contributed by atoms with Crippen molar-refractivity contribution in [1.82, 2.24) is 0 Å². The van der Waals surface area contributed by atoms with Gasteiger partial charge in [-0.3, -0.25) is 0 Å². The fourth-order valence-corrected chi connectivity index (χ4v) is 1.56. The molecule has 70 valence electrons. The molecule has 0 unspecified atom stereocenters. The maximum atomic E-state index is 5.20. The summed E-state index contributed by atoms with van der Waals surface area (Å²) < 4.78 is 0. The highest BCUT2D eigenvalue weighted by Crippen LogP contribution is 2.05. The fourth-order valence-electron chi connectivity index (χ4n) is 1.06. The van der Waals surface area contributed by atoms with Crippen molar-refractivity contribution in [2.75, 3.05) is 0 Å². The van der Waals surface area contributed by atoms with Gasteiger partial charge in [0.2, 0.25) is 0 Å². The molecule has 0 aromatic rings. The van der Waals surface area contributed by atoms with Crippen LogP contribution in [-0.4, -0.2) is 9.73 Å². The summed E-state index contributed by atoms with van der Waals surface area (Å²) >= 11 is 10.3. The molecule has 0 bridgehead atoms. The molecule has 0 amide bonds. The standard InChI is InChI=1S/C10H18S2/c1-3-6-10(12)8-5-7-9(11)4-2/h3-8H2,1-2H3. The molecular formula is C10H18S2. The Morgan fingerprint density at radius 1 is 0.917 bits per heavy atom. The summed E-state index contributed by atoms with van der Waals surface area (Å²) in [7, 11) is 0. The van der Waals surface area contributed by atoms with E-state index in [9.17, 15) is 0 Å².